The highest BCUT2D eigenvalue weighted by Crippen LogP contribution is 2.35. The molecule has 0 amide bonds. The van der Waals surface area contributed by atoms with Gasteiger partial charge in [0.05, 0.1) is 6.42 Å². The zero-order valence-electron chi connectivity index (χ0n) is 8.43. The minimum atomic E-state index is -4.94. The van der Waals surface area contributed by atoms with E-state index in [-0.39, 0.29) is 6.07 Å². The van der Waals surface area contributed by atoms with Crippen molar-refractivity contribution in [2.24, 2.45) is 0 Å². The molecule has 0 spiro atoms. The van der Waals surface area contributed by atoms with E-state index in [1.807, 2.05) is 0 Å². The lowest BCUT2D eigenvalue weighted by Crippen LogP contribution is -2.13. The van der Waals surface area contributed by atoms with Crippen LogP contribution in [-0.2, 0) is 17.4 Å². The molecule has 0 aliphatic heterocycles. The summed E-state index contributed by atoms with van der Waals surface area (Å²) in [6.45, 7) is 0. The van der Waals surface area contributed by atoms with E-state index < -0.39 is 47.0 Å². The molecular formula is C9H5ClF5NO2. The lowest BCUT2D eigenvalue weighted by atomic mass is 10.1. The molecule has 9 heteroatoms. The number of carbonyl (C=O) groups is 1. The summed E-state index contributed by atoms with van der Waals surface area (Å²) in [6, 6.07) is 0.106. The third-order valence-corrected chi connectivity index (χ3v) is 2.27. The molecule has 0 saturated heterocycles. The van der Waals surface area contributed by atoms with Crippen LogP contribution in [0.25, 0.3) is 0 Å². The Kier molecular flexibility index (Phi) is 4.10. The number of hydrogen-bond acceptors (Lipinski definition) is 2. The summed E-state index contributed by atoms with van der Waals surface area (Å²) in [5, 5.41) is 7.59. The molecule has 0 unspecified atom stereocenters. The topological polar surface area (TPSA) is 50.2 Å². The van der Waals surface area contributed by atoms with Crippen LogP contribution in [0.3, 0.4) is 0 Å². The van der Waals surface area contributed by atoms with Gasteiger partial charge >= 0.3 is 12.1 Å². The first-order valence-electron chi connectivity index (χ1n) is 4.39. The van der Waals surface area contributed by atoms with Gasteiger partial charge in [-0.2, -0.15) is 13.2 Å². The summed E-state index contributed by atoms with van der Waals surface area (Å²) >= 11 is 5.32. The fraction of sp³-hybridized carbons (Fsp3) is 0.333. The molecule has 100 valence electrons. The second-order valence-corrected chi connectivity index (χ2v) is 3.59. The Morgan fingerprint density at radius 1 is 1.44 bits per heavy atom. The molecule has 0 bridgehead atoms. The molecule has 0 atom stereocenters. The molecule has 1 heterocycles. The van der Waals surface area contributed by atoms with Crippen molar-refractivity contribution in [2.45, 2.75) is 19.0 Å². The lowest BCUT2D eigenvalue weighted by molar-refractivity contribution is -0.141. The Labute approximate surface area is 102 Å². The second kappa shape index (κ2) is 5.05. The molecule has 1 N–H and O–H groups in total. The van der Waals surface area contributed by atoms with Crippen LogP contribution in [0.1, 0.15) is 23.2 Å². The SMILES string of the molecule is O=C(O)Cc1c(C(F)F)cc(C(F)(F)F)nc1Cl. The smallest absolute Gasteiger partial charge is 0.433 e. The van der Waals surface area contributed by atoms with Gasteiger partial charge in [-0.3, -0.25) is 4.79 Å². The molecule has 18 heavy (non-hydrogen) atoms. The van der Waals surface area contributed by atoms with Crippen LogP contribution in [0.5, 0.6) is 0 Å². The van der Waals surface area contributed by atoms with Gasteiger partial charge in [0.1, 0.15) is 10.8 Å². The molecule has 0 aliphatic carbocycles. The van der Waals surface area contributed by atoms with E-state index >= 15 is 0 Å². The number of carboxylic acids is 1. The second-order valence-electron chi connectivity index (χ2n) is 3.24. The molecule has 0 saturated carbocycles. The van der Waals surface area contributed by atoms with Crippen molar-refractivity contribution in [3.63, 3.8) is 0 Å². The van der Waals surface area contributed by atoms with Gasteiger partial charge in [-0.15, -0.1) is 0 Å². The first kappa shape index (κ1) is 14.6. The first-order valence-corrected chi connectivity index (χ1v) is 4.77. The zero-order valence-corrected chi connectivity index (χ0v) is 9.19. The van der Waals surface area contributed by atoms with Crippen molar-refractivity contribution in [3.05, 3.63) is 28.0 Å². The number of aliphatic carboxylic acids is 1. The van der Waals surface area contributed by atoms with Crippen LogP contribution in [0.2, 0.25) is 5.15 Å². The Morgan fingerprint density at radius 3 is 2.39 bits per heavy atom. The Balaban J connectivity index is 3.40. The zero-order chi connectivity index (χ0) is 14.1. The maximum atomic E-state index is 12.6. The van der Waals surface area contributed by atoms with Gasteiger partial charge in [0.15, 0.2) is 0 Å². The van der Waals surface area contributed by atoms with E-state index in [4.69, 9.17) is 16.7 Å². The van der Waals surface area contributed by atoms with E-state index in [1.54, 1.807) is 0 Å². The van der Waals surface area contributed by atoms with Gasteiger partial charge in [0.25, 0.3) is 6.43 Å². The molecule has 3 nitrogen and oxygen atoms in total. The van der Waals surface area contributed by atoms with E-state index in [1.165, 1.54) is 0 Å². The molecular weight excluding hydrogens is 285 g/mol. The minimum absolute atomic E-state index is 0.106. The number of rotatable bonds is 3. The largest absolute Gasteiger partial charge is 0.481 e. The molecule has 1 aromatic heterocycles. The van der Waals surface area contributed by atoms with E-state index in [9.17, 15) is 26.7 Å². The summed E-state index contributed by atoms with van der Waals surface area (Å²) in [4.78, 5) is 13.3. The van der Waals surface area contributed by atoms with Crippen molar-refractivity contribution < 1.29 is 31.9 Å². The van der Waals surface area contributed by atoms with Crippen LogP contribution >= 0.6 is 11.6 Å². The predicted molar refractivity (Wildman–Crippen MR) is 50.5 cm³/mol. The third-order valence-electron chi connectivity index (χ3n) is 1.96. The summed E-state index contributed by atoms with van der Waals surface area (Å²) in [5.74, 6) is -1.50. The number of nitrogens with zero attached hydrogens (tertiary/aromatic N) is 1. The standard InChI is InChI=1S/C9H5ClF5NO2/c10-7-3(2-6(17)18)4(8(11)12)1-5(16-7)9(13,14)15/h1,8H,2H2,(H,17,18). The maximum absolute atomic E-state index is 12.6. The molecule has 0 fully saturated rings. The Bertz CT molecular complexity index is 475. The molecule has 1 rings (SSSR count). The Hall–Kier alpha value is -1.44. The van der Waals surface area contributed by atoms with E-state index in [2.05, 4.69) is 4.98 Å². The minimum Gasteiger partial charge on any atom is -0.481 e. The first-order chi connectivity index (χ1) is 8.12. The summed E-state index contributed by atoms with van der Waals surface area (Å²) in [7, 11) is 0. The Morgan fingerprint density at radius 2 is 2.00 bits per heavy atom. The van der Waals surface area contributed by atoms with E-state index in [0.717, 1.165) is 0 Å². The lowest BCUT2D eigenvalue weighted by Gasteiger charge is -2.13. The van der Waals surface area contributed by atoms with Crippen LogP contribution in [0.15, 0.2) is 6.07 Å². The van der Waals surface area contributed by atoms with Crippen molar-refractivity contribution in [1.82, 2.24) is 4.98 Å². The number of aromatic nitrogens is 1. The van der Waals surface area contributed by atoms with Crippen LogP contribution in [-0.4, -0.2) is 16.1 Å². The predicted octanol–water partition coefficient (Wildman–Crippen LogP) is 3.32. The average Bonchev–Trinajstić information content (AvgIpc) is 2.17. The van der Waals surface area contributed by atoms with Crippen molar-refractivity contribution in [1.29, 1.82) is 0 Å². The van der Waals surface area contributed by atoms with E-state index in [0.29, 0.717) is 0 Å². The number of halogens is 6. The highest BCUT2D eigenvalue weighted by atomic mass is 35.5. The summed E-state index contributed by atoms with van der Waals surface area (Å²) in [6.07, 6.45) is -9.14. The molecule has 0 radical (unpaired) electrons. The molecule has 0 aromatic carbocycles. The van der Waals surface area contributed by atoms with Crippen LogP contribution in [0, 0.1) is 0 Å². The number of alkyl halides is 5. The monoisotopic (exact) mass is 289 g/mol. The van der Waals surface area contributed by atoms with Gasteiger partial charge in [-0.1, -0.05) is 11.6 Å². The fourth-order valence-corrected chi connectivity index (χ4v) is 1.49. The molecule has 0 aliphatic rings. The third kappa shape index (κ3) is 3.28. The average molecular weight is 290 g/mol. The van der Waals surface area contributed by atoms with Crippen molar-refractivity contribution in [3.8, 4) is 0 Å². The van der Waals surface area contributed by atoms with Crippen LogP contribution < -0.4 is 0 Å². The number of pyridine rings is 1. The van der Waals surface area contributed by atoms with Gasteiger partial charge in [-0.25, -0.2) is 13.8 Å². The summed E-state index contributed by atoms with van der Waals surface area (Å²) in [5.41, 5.74) is -3.28. The highest BCUT2D eigenvalue weighted by molar-refractivity contribution is 6.30. The van der Waals surface area contributed by atoms with Gasteiger partial charge in [0.2, 0.25) is 0 Å². The quantitative estimate of drug-likeness (QED) is 0.686. The maximum Gasteiger partial charge on any atom is 0.433 e. The van der Waals surface area contributed by atoms with Crippen molar-refractivity contribution >= 4 is 17.6 Å². The summed E-state index contributed by atoms with van der Waals surface area (Å²) < 4.78 is 62.1. The van der Waals surface area contributed by atoms with Gasteiger partial charge in [0, 0.05) is 11.1 Å². The van der Waals surface area contributed by atoms with Crippen molar-refractivity contribution in [2.75, 3.05) is 0 Å². The number of carboxylic acid groups (broad SMARTS) is 1. The fourth-order valence-electron chi connectivity index (χ4n) is 1.23. The number of hydrogen-bond donors (Lipinski definition) is 1. The van der Waals surface area contributed by atoms with Gasteiger partial charge in [-0.05, 0) is 6.07 Å². The molecule has 1 aromatic rings. The van der Waals surface area contributed by atoms with Crippen LogP contribution in [0.4, 0.5) is 22.0 Å². The highest BCUT2D eigenvalue weighted by Gasteiger charge is 2.35. The normalized spacial score (nSPS) is 11.9. The van der Waals surface area contributed by atoms with Gasteiger partial charge < -0.3 is 5.11 Å².